The molecule has 11 heteroatoms. The number of fused-ring (bicyclic) bond motifs is 6. The number of nitrogens with one attached hydrogen (secondary N) is 1. The zero-order valence-corrected chi connectivity index (χ0v) is 22.2. The van der Waals surface area contributed by atoms with Gasteiger partial charge in [-0.15, -0.1) is 0 Å². The lowest BCUT2D eigenvalue weighted by Crippen LogP contribution is -2.39. The molecule has 40 heavy (non-hydrogen) atoms. The fourth-order valence-electron chi connectivity index (χ4n) is 5.45. The van der Waals surface area contributed by atoms with Crippen LogP contribution in [0.25, 0.3) is 16.7 Å². The topological polar surface area (TPSA) is 107 Å². The van der Waals surface area contributed by atoms with Crippen molar-refractivity contribution in [3.8, 4) is 17.2 Å². The third-order valence-corrected chi connectivity index (χ3v) is 7.50. The lowest BCUT2D eigenvalue weighted by atomic mass is 10.1. The summed E-state index contributed by atoms with van der Waals surface area (Å²) in [5.41, 5.74) is 3.60. The third kappa shape index (κ3) is 4.28. The molecule has 2 bridgehead atoms. The molecule has 11 nitrogen and oxygen atoms in total. The van der Waals surface area contributed by atoms with Gasteiger partial charge in [-0.1, -0.05) is 18.2 Å². The second kappa shape index (κ2) is 9.83. The summed E-state index contributed by atoms with van der Waals surface area (Å²) < 4.78 is 15.1. The second-order valence-corrected chi connectivity index (χ2v) is 10.3. The molecule has 3 aliphatic heterocycles. The smallest absolute Gasteiger partial charge is 0.278 e. The molecular weight excluding hydrogens is 510 g/mol. The number of hydrogen-bond acceptors (Lipinski definition) is 8. The van der Waals surface area contributed by atoms with Crippen LogP contribution in [-0.4, -0.2) is 63.5 Å². The van der Waals surface area contributed by atoms with Crippen LogP contribution in [-0.2, 0) is 17.9 Å². The molecule has 1 amide bonds. The van der Waals surface area contributed by atoms with Crippen LogP contribution in [0.1, 0.15) is 18.4 Å². The van der Waals surface area contributed by atoms with Crippen LogP contribution in [0.2, 0.25) is 0 Å². The summed E-state index contributed by atoms with van der Waals surface area (Å²) in [6, 6.07) is 11.6. The Balaban J connectivity index is 1.33. The Morgan fingerprint density at radius 2 is 1.93 bits per heavy atom. The molecule has 5 heterocycles. The summed E-state index contributed by atoms with van der Waals surface area (Å²) in [5, 5.41) is 3.69. The Kier molecular flexibility index (Phi) is 6.00. The second-order valence-electron chi connectivity index (χ2n) is 10.3. The van der Waals surface area contributed by atoms with Gasteiger partial charge in [0.1, 0.15) is 23.5 Å². The fraction of sp³-hybridized carbons (Fsp3) is 0.310. The van der Waals surface area contributed by atoms with E-state index in [4.69, 9.17) is 14.5 Å². The van der Waals surface area contributed by atoms with Gasteiger partial charge in [-0.25, -0.2) is 14.3 Å². The molecule has 204 valence electrons. The number of likely N-dealkylation sites (N-methyl/N-ethyl adjacent to an activating group) is 1. The van der Waals surface area contributed by atoms with Gasteiger partial charge in [-0.2, -0.15) is 4.98 Å². The summed E-state index contributed by atoms with van der Waals surface area (Å²) in [5.74, 6) is 1.77. The highest BCUT2D eigenvalue weighted by molar-refractivity contribution is 5.98. The number of amides is 1. The van der Waals surface area contributed by atoms with Crippen molar-refractivity contribution >= 4 is 34.3 Å². The van der Waals surface area contributed by atoms with Crippen molar-refractivity contribution in [2.24, 2.45) is 0 Å². The fourth-order valence-corrected chi connectivity index (χ4v) is 5.45. The number of anilines is 3. The first kappa shape index (κ1) is 24.4. The number of aromatic nitrogens is 4. The van der Waals surface area contributed by atoms with Crippen LogP contribution < -0.4 is 25.2 Å². The zero-order chi connectivity index (χ0) is 27.2. The van der Waals surface area contributed by atoms with Crippen LogP contribution in [0.4, 0.5) is 17.3 Å². The number of carbonyl (C=O) groups excluding carboxylic acids is 1. The number of benzene rings is 2. The summed E-state index contributed by atoms with van der Waals surface area (Å²) >= 11 is 0. The molecular formula is C29H29N7O4. The lowest BCUT2D eigenvalue weighted by molar-refractivity contribution is -0.121. The molecule has 0 saturated heterocycles. The number of hydrogen-bond donors (Lipinski definition) is 1. The van der Waals surface area contributed by atoms with Crippen molar-refractivity contribution in [1.29, 1.82) is 0 Å². The minimum atomic E-state index is -0.187. The van der Waals surface area contributed by atoms with E-state index in [9.17, 15) is 9.59 Å². The minimum absolute atomic E-state index is 0.0199. The summed E-state index contributed by atoms with van der Waals surface area (Å²) in [6.07, 6.45) is 7.20. The van der Waals surface area contributed by atoms with Gasteiger partial charge in [0.2, 0.25) is 5.95 Å². The van der Waals surface area contributed by atoms with Crippen LogP contribution in [0.3, 0.4) is 0 Å². The Bertz CT molecular complexity index is 1720. The Morgan fingerprint density at radius 3 is 2.85 bits per heavy atom. The molecule has 0 spiro atoms. The Labute approximate surface area is 230 Å². The predicted octanol–water partition coefficient (Wildman–Crippen LogP) is 3.23. The van der Waals surface area contributed by atoms with Crippen molar-refractivity contribution < 1.29 is 14.3 Å². The number of nitrogens with zero attached hydrogens (tertiary/aromatic N) is 6. The highest BCUT2D eigenvalue weighted by Crippen LogP contribution is 2.35. The molecule has 0 aliphatic carbocycles. The molecule has 3 aliphatic rings. The maximum Gasteiger partial charge on any atom is 0.278 e. The van der Waals surface area contributed by atoms with E-state index in [-0.39, 0.29) is 18.1 Å². The van der Waals surface area contributed by atoms with Crippen molar-refractivity contribution in [2.75, 3.05) is 43.6 Å². The van der Waals surface area contributed by atoms with Gasteiger partial charge in [0.05, 0.1) is 17.9 Å². The van der Waals surface area contributed by atoms with E-state index in [1.165, 1.54) is 0 Å². The highest BCUT2D eigenvalue weighted by atomic mass is 16.5. The van der Waals surface area contributed by atoms with Crippen LogP contribution in [0.15, 0.2) is 59.5 Å². The molecule has 7 rings (SSSR count). The largest absolute Gasteiger partial charge is 0.492 e. The maximum atomic E-state index is 13.5. The molecule has 0 radical (unpaired) electrons. The standard InChI is InChI=1S/C29H29N7O4/c1-33-12-13-39-25-14-20(7-6-19(25)17-33)31-29-30-16-22-27(32-29)36-21-8-9-24-23(15-21)34(26(37)18-40-24)10-4-2-3-5-11-35(36)28(22)38/h3,5-9,14-16H,2,4,10-13,17-18H2,1H3,(H,30,31,32)/b5-3-. The summed E-state index contributed by atoms with van der Waals surface area (Å²) in [7, 11) is 2.08. The highest BCUT2D eigenvalue weighted by Gasteiger charge is 2.27. The van der Waals surface area contributed by atoms with Crippen molar-refractivity contribution in [3.05, 3.63) is 70.7 Å². The molecule has 0 saturated carbocycles. The zero-order valence-electron chi connectivity index (χ0n) is 22.2. The van der Waals surface area contributed by atoms with Gasteiger partial charge in [0.25, 0.3) is 11.5 Å². The van der Waals surface area contributed by atoms with Crippen LogP contribution in [0, 0.1) is 0 Å². The third-order valence-electron chi connectivity index (χ3n) is 7.50. The van der Waals surface area contributed by atoms with Gasteiger partial charge in [0.15, 0.2) is 12.3 Å². The van der Waals surface area contributed by atoms with Crippen molar-refractivity contribution in [1.82, 2.24) is 24.2 Å². The monoisotopic (exact) mass is 539 g/mol. The molecule has 0 unspecified atom stereocenters. The van der Waals surface area contributed by atoms with E-state index in [1.807, 2.05) is 48.6 Å². The van der Waals surface area contributed by atoms with E-state index in [0.717, 1.165) is 42.9 Å². The van der Waals surface area contributed by atoms with Gasteiger partial charge < -0.3 is 19.7 Å². The van der Waals surface area contributed by atoms with Gasteiger partial charge in [-0.3, -0.25) is 14.5 Å². The molecule has 0 fully saturated rings. The molecule has 1 N–H and O–H groups in total. The molecule has 2 aromatic heterocycles. The average molecular weight is 540 g/mol. The SMILES string of the molecule is CN1CCOc2cc(Nc3ncc4c(=O)n5n(c4n3)-c3ccc4c(c3)N(CCC/C=C\C5)C(=O)CO4)ccc2C1. The first-order chi connectivity index (χ1) is 19.5. The summed E-state index contributed by atoms with van der Waals surface area (Å²) in [6.45, 7) is 3.30. The van der Waals surface area contributed by atoms with Crippen LogP contribution in [0.5, 0.6) is 11.5 Å². The van der Waals surface area contributed by atoms with Gasteiger partial charge in [0, 0.05) is 43.1 Å². The first-order valence-electron chi connectivity index (χ1n) is 13.5. The van der Waals surface area contributed by atoms with Crippen molar-refractivity contribution in [3.63, 3.8) is 0 Å². The normalized spacial score (nSPS) is 17.9. The van der Waals surface area contributed by atoms with E-state index in [2.05, 4.69) is 22.2 Å². The predicted molar refractivity (Wildman–Crippen MR) is 151 cm³/mol. The number of rotatable bonds is 2. The summed E-state index contributed by atoms with van der Waals surface area (Å²) in [4.78, 5) is 39.5. The maximum absolute atomic E-state index is 13.5. The number of allylic oxidation sites excluding steroid dienone is 2. The number of carbonyl (C=O) groups is 1. The van der Waals surface area contributed by atoms with E-state index in [1.54, 1.807) is 20.5 Å². The number of ether oxygens (including phenoxy) is 2. The molecule has 2 aromatic carbocycles. The Morgan fingerprint density at radius 1 is 1.00 bits per heavy atom. The van der Waals surface area contributed by atoms with E-state index < -0.39 is 0 Å². The Hall–Kier alpha value is -4.64. The lowest BCUT2D eigenvalue weighted by Gasteiger charge is -2.30. The quantitative estimate of drug-likeness (QED) is 0.387. The van der Waals surface area contributed by atoms with Gasteiger partial charge >= 0.3 is 0 Å². The first-order valence-corrected chi connectivity index (χ1v) is 13.5. The van der Waals surface area contributed by atoms with Crippen LogP contribution >= 0.6 is 0 Å². The minimum Gasteiger partial charge on any atom is -0.492 e. The van der Waals surface area contributed by atoms with E-state index in [0.29, 0.717) is 53.8 Å². The van der Waals surface area contributed by atoms with E-state index >= 15 is 0 Å². The molecule has 4 aromatic rings. The molecule has 0 atom stereocenters. The van der Waals surface area contributed by atoms with Gasteiger partial charge in [-0.05, 0) is 44.2 Å². The van der Waals surface area contributed by atoms with Crippen molar-refractivity contribution in [2.45, 2.75) is 25.9 Å². The average Bonchev–Trinajstić information content (AvgIpc) is 3.08.